The summed E-state index contributed by atoms with van der Waals surface area (Å²) in [7, 11) is 0. The molecular formula is C28H35NO5. The summed E-state index contributed by atoms with van der Waals surface area (Å²) in [4.78, 5) is 36.6. The van der Waals surface area contributed by atoms with Crippen molar-refractivity contribution in [3.8, 4) is 5.75 Å². The van der Waals surface area contributed by atoms with Gasteiger partial charge in [-0.2, -0.15) is 0 Å². The quantitative estimate of drug-likeness (QED) is 0.296. The maximum atomic E-state index is 12.5. The molecule has 182 valence electrons. The van der Waals surface area contributed by atoms with Crippen molar-refractivity contribution in [3.63, 3.8) is 0 Å². The van der Waals surface area contributed by atoms with Crippen LogP contribution < -0.4 is 10.1 Å². The number of Topliss-reactive ketones (excluding diaryl/α,β-unsaturated/α-hetero) is 1. The summed E-state index contributed by atoms with van der Waals surface area (Å²) >= 11 is 0. The van der Waals surface area contributed by atoms with E-state index in [0.29, 0.717) is 37.1 Å². The molecule has 34 heavy (non-hydrogen) atoms. The first kappa shape index (κ1) is 25.5. The predicted octanol–water partition coefficient (Wildman–Crippen LogP) is 5.20. The third-order valence-corrected chi connectivity index (χ3v) is 6.41. The van der Waals surface area contributed by atoms with Crippen LogP contribution in [0.1, 0.15) is 77.3 Å². The van der Waals surface area contributed by atoms with Crippen molar-refractivity contribution in [1.29, 1.82) is 0 Å². The standard InChI is InChI=1S/C28H35NO5/c1-4-33-28(32)22-11-15-25(16-12-22)34-24-13-9-21(10-14-24)26(30)6-5-17-29-27(31)23-8-7-19(2)20(3)18-23/h7-10,13-14,18,22,25H,4-6,11-12,15-17H2,1-3H3,(H,29,31). The fraction of sp³-hybridized carbons (Fsp3) is 0.464. The zero-order valence-electron chi connectivity index (χ0n) is 20.4. The lowest BCUT2D eigenvalue weighted by molar-refractivity contribution is -0.149. The molecule has 0 spiro atoms. The number of ether oxygens (including phenoxy) is 2. The van der Waals surface area contributed by atoms with Crippen LogP contribution in [0.5, 0.6) is 5.75 Å². The second-order valence-corrected chi connectivity index (χ2v) is 8.95. The molecule has 0 atom stereocenters. The SMILES string of the molecule is CCOC(=O)C1CCC(Oc2ccc(C(=O)CCCNC(=O)c3ccc(C)c(C)c3)cc2)CC1. The molecule has 1 saturated carbocycles. The number of rotatable bonds is 10. The van der Waals surface area contributed by atoms with Crippen LogP contribution in [0.25, 0.3) is 0 Å². The van der Waals surface area contributed by atoms with E-state index in [9.17, 15) is 14.4 Å². The molecule has 2 aromatic carbocycles. The van der Waals surface area contributed by atoms with Crippen molar-refractivity contribution in [3.05, 3.63) is 64.7 Å². The minimum atomic E-state index is -0.117. The van der Waals surface area contributed by atoms with Crippen LogP contribution in [0.4, 0.5) is 0 Å². The zero-order valence-corrected chi connectivity index (χ0v) is 20.4. The van der Waals surface area contributed by atoms with Gasteiger partial charge in [0, 0.05) is 24.1 Å². The average molecular weight is 466 g/mol. The van der Waals surface area contributed by atoms with Gasteiger partial charge in [-0.05, 0) is 100 Å². The molecule has 1 fully saturated rings. The Labute approximate surface area is 202 Å². The zero-order chi connectivity index (χ0) is 24.5. The smallest absolute Gasteiger partial charge is 0.308 e. The molecule has 0 bridgehead atoms. The van der Waals surface area contributed by atoms with E-state index in [2.05, 4.69) is 5.32 Å². The highest BCUT2D eigenvalue weighted by Crippen LogP contribution is 2.28. The Morgan fingerprint density at radius 3 is 2.24 bits per heavy atom. The Morgan fingerprint density at radius 2 is 1.59 bits per heavy atom. The fourth-order valence-corrected chi connectivity index (χ4v) is 4.17. The largest absolute Gasteiger partial charge is 0.490 e. The normalized spacial score (nSPS) is 17.6. The average Bonchev–Trinajstić information content (AvgIpc) is 2.84. The number of hydrogen-bond acceptors (Lipinski definition) is 5. The Balaban J connectivity index is 1.38. The minimum Gasteiger partial charge on any atom is -0.490 e. The number of ketones is 1. The van der Waals surface area contributed by atoms with Gasteiger partial charge < -0.3 is 14.8 Å². The highest BCUT2D eigenvalue weighted by molar-refractivity contribution is 5.96. The summed E-state index contributed by atoms with van der Waals surface area (Å²) in [6, 6.07) is 12.9. The van der Waals surface area contributed by atoms with Gasteiger partial charge in [0.1, 0.15) is 5.75 Å². The maximum Gasteiger partial charge on any atom is 0.308 e. The summed E-state index contributed by atoms with van der Waals surface area (Å²) in [5.41, 5.74) is 3.51. The lowest BCUT2D eigenvalue weighted by Gasteiger charge is -2.27. The fourth-order valence-electron chi connectivity index (χ4n) is 4.17. The molecule has 0 aromatic heterocycles. The lowest BCUT2D eigenvalue weighted by atomic mass is 9.87. The van der Waals surface area contributed by atoms with Crippen LogP contribution in [-0.2, 0) is 9.53 Å². The number of benzene rings is 2. The molecular weight excluding hydrogens is 430 g/mol. The first-order valence-corrected chi connectivity index (χ1v) is 12.2. The second-order valence-electron chi connectivity index (χ2n) is 8.95. The van der Waals surface area contributed by atoms with Gasteiger partial charge in [-0.3, -0.25) is 14.4 Å². The summed E-state index contributed by atoms with van der Waals surface area (Å²) < 4.78 is 11.2. The number of carbonyl (C=O) groups excluding carboxylic acids is 3. The van der Waals surface area contributed by atoms with E-state index in [-0.39, 0.29) is 29.7 Å². The molecule has 1 amide bonds. The van der Waals surface area contributed by atoms with Crippen LogP contribution in [-0.4, -0.2) is 36.9 Å². The van der Waals surface area contributed by atoms with Crippen LogP contribution in [0, 0.1) is 19.8 Å². The molecule has 2 aromatic rings. The van der Waals surface area contributed by atoms with E-state index in [1.807, 2.05) is 51.1 Å². The van der Waals surface area contributed by atoms with Crippen molar-refractivity contribution < 1.29 is 23.9 Å². The van der Waals surface area contributed by atoms with Crippen LogP contribution >= 0.6 is 0 Å². The van der Waals surface area contributed by atoms with Crippen LogP contribution in [0.15, 0.2) is 42.5 Å². The highest BCUT2D eigenvalue weighted by Gasteiger charge is 2.28. The van der Waals surface area contributed by atoms with Crippen LogP contribution in [0.2, 0.25) is 0 Å². The monoisotopic (exact) mass is 465 g/mol. The van der Waals surface area contributed by atoms with E-state index in [4.69, 9.17) is 9.47 Å². The number of amides is 1. The Morgan fingerprint density at radius 1 is 0.912 bits per heavy atom. The van der Waals surface area contributed by atoms with Gasteiger partial charge in [0.25, 0.3) is 5.91 Å². The number of esters is 1. The van der Waals surface area contributed by atoms with Gasteiger partial charge >= 0.3 is 5.97 Å². The van der Waals surface area contributed by atoms with Crippen LogP contribution in [0.3, 0.4) is 0 Å². The van der Waals surface area contributed by atoms with Gasteiger partial charge in [-0.1, -0.05) is 6.07 Å². The van der Waals surface area contributed by atoms with E-state index in [1.165, 1.54) is 0 Å². The third-order valence-electron chi connectivity index (χ3n) is 6.41. The molecule has 0 saturated heterocycles. The number of hydrogen-bond donors (Lipinski definition) is 1. The van der Waals surface area contributed by atoms with E-state index in [0.717, 1.165) is 42.6 Å². The first-order valence-electron chi connectivity index (χ1n) is 12.2. The van der Waals surface area contributed by atoms with E-state index < -0.39 is 0 Å². The van der Waals surface area contributed by atoms with Crippen molar-refractivity contribution in [2.75, 3.05) is 13.2 Å². The minimum absolute atomic E-state index is 0.0226. The summed E-state index contributed by atoms with van der Waals surface area (Å²) in [5, 5.41) is 2.88. The molecule has 0 heterocycles. The number of carbonyl (C=O) groups is 3. The molecule has 0 radical (unpaired) electrons. The topological polar surface area (TPSA) is 81.7 Å². The maximum absolute atomic E-state index is 12.5. The predicted molar refractivity (Wildman–Crippen MR) is 131 cm³/mol. The Hall–Kier alpha value is -3.15. The Kier molecular flexibility index (Phi) is 9.25. The molecule has 1 N–H and O–H groups in total. The second kappa shape index (κ2) is 12.4. The molecule has 0 unspecified atom stereocenters. The third kappa shape index (κ3) is 7.17. The highest BCUT2D eigenvalue weighted by atomic mass is 16.5. The van der Waals surface area contributed by atoms with Crippen molar-refractivity contribution >= 4 is 17.7 Å². The lowest BCUT2D eigenvalue weighted by Crippen LogP contribution is -2.29. The Bertz CT molecular complexity index is 990. The van der Waals surface area contributed by atoms with E-state index in [1.54, 1.807) is 12.1 Å². The summed E-state index contributed by atoms with van der Waals surface area (Å²) in [5.74, 6) is 0.534. The first-order chi connectivity index (χ1) is 16.4. The van der Waals surface area contributed by atoms with Gasteiger partial charge in [0.05, 0.1) is 18.6 Å². The van der Waals surface area contributed by atoms with Gasteiger partial charge in [0.15, 0.2) is 5.78 Å². The molecule has 6 heteroatoms. The molecule has 6 nitrogen and oxygen atoms in total. The molecule has 0 aliphatic heterocycles. The van der Waals surface area contributed by atoms with Gasteiger partial charge in [0.2, 0.25) is 0 Å². The summed E-state index contributed by atoms with van der Waals surface area (Å²) in [6.45, 7) is 6.69. The van der Waals surface area contributed by atoms with E-state index >= 15 is 0 Å². The molecule has 1 aliphatic rings. The van der Waals surface area contributed by atoms with Crippen molar-refractivity contribution in [1.82, 2.24) is 5.32 Å². The van der Waals surface area contributed by atoms with Crippen molar-refractivity contribution in [2.24, 2.45) is 5.92 Å². The summed E-state index contributed by atoms with van der Waals surface area (Å²) in [6.07, 6.45) is 4.21. The molecule has 3 rings (SSSR count). The number of aryl methyl sites for hydroxylation is 2. The van der Waals surface area contributed by atoms with Gasteiger partial charge in [-0.25, -0.2) is 0 Å². The number of nitrogens with one attached hydrogen (secondary N) is 1. The molecule has 1 aliphatic carbocycles. The van der Waals surface area contributed by atoms with Crippen molar-refractivity contribution in [2.45, 2.75) is 65.4 Å². The van der Waals surface area contributed by atoms with Gasteiger partial charge in [-0.15, -0.1) is 0 Å².